The van der Waals surface area contributed by atoms with Gasteiger partial charge in [-0.15, -0.1) is 0 Å². The fourth-order valence-electron chi connectivity index (χ4n) is 2.73. The van der Waals surface area contributed by atoms with Gasteiger partial charge < -0.3 is 10.3 Å². The van der Waals surface area contributed by atoms with Gasteiger partial charge in [-0.25, -0.2) is 4.98 Å². The highest BCUT2D eigenvalue weighted by atomic mass is 15.1. The lowest BCUT2D eigenvalue weighted by Crippen LogP contribution is -2.43. The summed E-state index contributed by atoms with van der Waals surface area (Å²) in [5.74, 6) is 0. The monoisotopic (exact) mass is 207 g/mol. The Bertz CT molecular complexity index is 335. The molecule has 15 heavy (non-hydrogen) atoms. The quantitative estimate of drug-likeness (QED) is 0.807. The van der Waals surface area contributed by atoms with Crippen molar-refractivity contribution < 1.29 is 0 Å². The van der Waals surface area contributed by atoms with Crippen LogP contribution in [0.5, 0.6) is 0 Å². The molecule has 0 radical (unpaired) electrons. The van der Waals surface area contributed by atoms with Gasteiger partial charge in [-0.05, 0) is 26.7 Å². The molecule has 0 saturated heterocycles. The van der Waals surface area contributed by atoms with Gasteiger partial charge in [-0.2, -0.15) is 0 Å². The highest BCUT2D eigenvalue weighted by Crippen LogP contribution is 2.35. The molecule has 1 aromatic rings. The molecule has 0 aliphatic heterocycles. The second-order valence-corrected chi connectivity index (χ2v) is 4.77. The maximum Gasteiger partial charge on any atom is 0.0957 e. The molecule has 3 nitrogen and oxygen atoms in total. The van der Waals surface area contributed by atoms with E-state index in [4.69, 9.17) is 5.73 Å². The first-order valence-corrected chi connectivity index (χ1v) is 5.91. The second-order valence-electron chi connectivity index (χ2n) is 4.77. The van der Waals surface area contributed by atoms with Gasteiger partial charge in [0.2, 0.25) is 0 Å². The fourth-order valence-corrected chi connectivity index (χ4v) is 2.73. The maximum absolute atomic E-state index is 6.00. The average molecular weight is 207 g/mol. The van der Waals surface area contributed by atoms with Crippen molar-refractivity contribution in [1.82, 2.24) is 9.55 Å². The summed E-state index contributed by atoms with van der Waals surface area (Å²) in [7, 11) is 0. The molecule has 0 unspecified atom stereocenters. The third-order valence-electron chi connectivity index (χ3n) is 3.93. The van der Waals surface area contributed by atoms with Crippen molar-refractivity contribution in [2.24, 2.45) is 5.73 Å². The van der Waals surface area contributed by atoms with E-state index in [1.165, 1.54) is 37.8 Å². The topological polar surface area (TPSA) is 43.8 Å². The minimum absolute atomic E-state index is 0.156. The number of hydrogen-bond donors (Lipinski definition) is 1. The Morgan fingerprint density at radius 3 is 2.47 bits per heavy atom. The highest BCUT2D eigenvalue weighted by molar-refractivity contribution is 5.13. The zero-order chi connectivity index (χ0) is 10.9. The smallest absolute Gasteiger partial charge is 0.0957 e. The van der Waals surface area contributed by atoms with Gasteiger partial charge in [0.15, 0.2) is 0 Å². The normalized spacial score (nSPS) is 20.5. The van der Waals surface area contributed by atoms with Crippen LogP contribution in [-0.4, -0.2) is 16.1 Å². The van der Waals surface area contributed by atoms with Crippen LogP contribution >= 0.6 is 0 Å². The van der Waals surface area contributed by atoms with Gasteiger partial charge in [0.1, 0.15) is 0 Å². The van der Waals surface area contributed by atoms with Gasteiger partial charge in [-0.1, -0.05) is 19.3 Å². The lowest BCUT2D eigenvalue weighted by Gasteiger charge is -2.38. The first-order valence-electron chi connectivity index (χ1n) is 5.91. The third kappa shape index (κ3) is 1.69. The lowest BCUT2D eigenvalue weighted by atomic mass is 9.81. The Hall–Kier alpha value is -0.830. The van der Waals surface area contributed by atoms with Crippen LogP contribution in [0.15, 0.2) is 6.33 Å². The highest BCUT2D eigenvalue weighted by Gasteiger charge is 2.33. The standard InChI is InChI=1S/C12H21N3/c1-10-11(2)15(9-14-10)12(8-13)6-4-3-5-7-12/h9H,3-8,13H2,1-2H3. The Balaban J connectivity index is 2.36. The zero-order valence-corrected chi connectivity index (χ0v) is 9.79. The SMILES string of the molecule is Cc1ncn(C2(CN)CCCCC2)c1C. The van der Waals surface area contributed by atoms with Gasteiger partial charge >= 0.3 is 0 Å². The van der Waals surface area contributed by atoms with E-state index in [1.54, 1.807) is 0 Å². The maximum atomic E-state index is 6.00. The zero-order valence-electron chi connectivity index (χ0n) is 9.79. The van der Waals surface area contributed by atoms with Crippen molar-refractivity contribution in [3.63, 3.8) is 0 Å². The van der Waals surface area contributed by atoms with Crippen LogP contribution < -0.4 is 5.73 Å². The van der Waals surface area contributed by atoms with Gasteiger partial charge in [0.25, 0.3) is 0 Å². The number of aryl methyl sites for hydroxylation is 1. The van der Waals surface area contributed by atoms with E-state index in [-0.39, 0.29) is 5.54 Å². The van der Waals surface area contributed by atoms with Gasteiger partial charge in [0, 0.05) is 12.2 Å². The van der Waals surface area contributed by atoms with Crippen molar-refractivity contribution in [2.45, 2.75) is 51.5 Å². The van der Waals surface area contributed by atoms with Crippen molar-refractivity contribution in [3.8, 4) is 0 Å². The third-order valence-corrected chi connectivity index (χ3v) is 3.93. The Morgan fingerprint density at radius 1 is 1.33 bits per heavy atom. The molecule has 1 aliphatic rings. The molecule has 84 valence electrons. The van der Waals surface area contributed by atoms with Crippen LogP contribution in [0.1, 0.15) is 43.5 Å². The van der Waals surface area contributed by atoms with Crippen LogP contribution in [-0.2, 0) is 5.54 Å². The largest absolute Gasteiger partial charge is 0.328 e. The van der Waals surface area contributed by atoms with Crippen LogP contribution in [0, 0.1) is 13.8 Å². The summed E-state index contributed by atoms with van der Waals surface area (Å²) < 4.78 is 2.32. The van der Waals surface area contributed by atoms with Crippen molar-refractivity contribution in [3.05, 3.63) is 17.7 Å². The van der Waals surface area contributed by atoms with Crippen LogP contribution in [0.3, 0.4) is 0 Å². The van der Waals surface area contributed by atoms with E-state index in [0.29, 0.717) is 0 Å². The average Bonchev–Trinajstić information content (AvgIpc) is 2.61. The number of rotatable bonds is 2. The van der Waals surface area contributed by atoms with Crippen LogP contribution in [0.2, 0.25) is 0 Å². The van der Waals surface area contributed by atoms with E-state index in [2.05, 4.69) is 23.4 Å². The number of nitrogens with two attached hydrogens (primary N) is 1. The molecule has 0 atom stereocenters. The molecule has 3 heteroatoms. The summed E-state index contributed by atoms with van der Waals surface area (Å²) in [5.41, 5.74) is 8.57. The van der Waals surface area contributed by atoms with Crippen LogP contribution in [0.4, 0.5) is 0 Å². The molecule has 2 rings (SSSR count). The molecule has 1 saturated carbocycles. The van der Waals surface area contributed by atoms with E-state index in [0.717, 1.165) is 12.2 Å². The summed E-state index contributed by atoms with van der Waals surface area (Å²) >= 11 is 0. The van der Waals surface area contributed by atoms with E-state index in [9.17, 15) is 0 Å². The van der Waals surface area contributed by atoms with Crippen LogP contribution in [0.25, 0.3) is 0 Å². The molecule has 0 spiro atoms. The number of aromatic nitrogens is 2. The molecule has 1 fully saturated rings. The number of nitrogens with zero attached hydrogens (tertiary/aromatic N) is 2. The fraction of sp³-hybridized carbons (Fsp3) is 0.750. The molecular formula is C12H21N3. The summed E-state index contributed by atoms with van der Waals surface area (Å²) in [5, 5.41) is 0. The van der Waals surface area contributed by atoms with Gasteiger partial charge in [-0.3, -0.25) is 0 Å². The molecule has 1 aliphatic carbocycles. The first-order chi connectivity index (χ1) is 7.19. The molecule has 0 amide bonds. The number of imidazole rings is 1. The minimum Gasteiger partial charge on any atom is -0.328 e. The summed E-state index contributed by atoms with van der Waals surface area (Å²) in [6.45, 7) is 4.96. The predicted octanol–water partition coefficient (Wildman–Crippen LogP) is 2.12. The molecule has 1 aromatic heterocycles. The van der Waals surface area contributed by atoms with Crippen molar-refractivity contribution in [1.29, 1.82) is 0 Å². The molecular weight excluding hydrogens is 186 g/mol. The summed E-state index contributed by atoms with van der Waals surface area (Å²) in [6.07, 6.45) is 8.35. The first kappa shape index (κ1) is 10.7. The Kier molecular flexibility index (Phi) is 2.83. The van der Waals surface area contributed by atoms with E-state index in [1.807, 2.05) is 6.33 Å². The Labute approximate surface area is 91.7 Å². The summed E-state index contributed by atoms with van der Waals surface area (Å²) in [6, 6.07) is 0. The van der Waals surface area contributed by atoms with Crippen molar-refractivity contribution in [2.75, 3.05) is 6.54 Å². The molecule has 2 N–H and O–H groups in total. The minimum atomic E-state index is 0.156. The second kappa shape index (κ2) is 3.97. The van der Waals surface area contributed by atoms with E-state index >= 15 is 0 Å². The molecule has 1 heterocycles. The summed E-state index contributed by atoms with van der Waals surface area (Å²) in [4.78, 5) is 4.39. The lowest BCUT2D eigenvalue weighted by molar-refractivity contribution is 0.199. The predicted molar refractivity (Wildman–Crippen MR) is 61.8 cm³/mol. The molecule has 0 aromatic carbocycles. The van der Waals surface area contributed by atoms with E-state index < -0.39 is 0 Å². The Morgan fingerprint density at radius 2 is 2.00 bits per heavy atom. The van der Waals surface area contributed by atoms with Gasteiger partial charge in [0.05, 0.1) is 17.6 Å². The van der Waals surface area contributed by atoms with Crippen molar-refractivity contribution >= 4 is 0 Å². The number of hydrogen-bond acceptors (Lipinski definition) is 2. The molecule has 0 bridgehead atoms.